The summed E-state index contributed by atoms with van der Waals surface area (Å²) in [4.78, 5) is 44.4. The highest BCUT2D eigenvalue weighted by atomic mass is 79.9. The number of hydrogen-bond acceptors (Lipinski definition) is 6. The van der Waals surface area contributed by atoms with Gasteiger partial charge in [0.2, 0.25) is 5.13 Å². The van der Waals surface area contributed by atoms with Gasteiger partial charge in [-0.3, -0.25) is 19.3 Å². The minimum absolute atomic E-state index is 0.287. The summed E-state index contributed by atoms with van der Waals surface area (Å²) >= 11 is 8.12. The van der Waals surface area contributed by atoms with E-state index in [1.54, 1.807) is 24.3 Å². The number of rotatable bonds is 5. The van der Waals surface area contributed by atoms with E-state index in [0.717, 1.165) is 29.1 Å². The van der Waals surface area contributed by atoms with E-state index in [1.807, 2.05) is 42.5 Å². The second-order valence-corrected chi connectivity index (χ2v) is 10.2. The van der Waals surface area contributed by atoms with Crippen molar-refractivity contribution in [2.24, 2.45) is 5.10 Å². The van der Waals surface area contributed by atoms with Gasteiger partial charge in [-0.15, -0.1) is 0 Å². The molecule has 1 aromatic heterocycles. The highest BCUT2D eigenvalue weighted by Gasteiger charge is 2.37. The molecule has 0 aliphatic carbocycles. The lowest BCUT2D eigenvalue weighted by Crippen LogP contribution is -2.41. The first kappa shape index (κ1) is 22.6. The molecule has 0 radical (unpaired) electrons. The van der Waals surface area contributed by atoms with Gasteiger partial charge in [0.15, 0.2) is 0 Å². The lowest BCUT2D eigenvalue weighted by Gasteiger charge is -2.18. The van der Waals surface area contributed by atoms with Crippen molar-refractivity contribution < 1.29 is 14.4 Å². The number of fused-ring (bicyclic) bond motifs is 2. The number of carbonyl (C=O) groups is 3. The minimum Gasteiger partial charge on any atom is -0.270 e. The third-order valence-corrected chi connectivity index (χ3v) is 7.14. The number of nitrogens with zero attached hydrogens (tertiary/aromatic N) is 4. The molecule has 0 spiro atoms. The van der Waals surface area contributed by atoms with Gasteiger partial charge in [-0.1, -0.05) is 67.5 Å². The number of amides is 3. The smallest absolute Gasteiger partial charge is 0.269 e. The molecule has 0 saturated heterocycles. The van der Waals surface area contributed by atoms with Crippen LogP contribution < -0.4 is 5.01 Å². The van der Waals surface area contributed by atoms with Crippen LogP contribution in [0.2, 0.25) is 0 Å². The maximum atomic E-state index is 13.4. The Morgan fingerprint density at radius 2 is 1.62 bits per heavy atom. The van der Waals surface area contributed by atoms with Crippen molar-refractivity contribution in [3.63, 3.8) is 0 Å². The van der Waals surface area contributed by atoms with Crippen LogP contribution in [-0.4, -0.2) is 40.4 Å². The van der Waals surface area contributed by atoms with Gasteiger partial charge in [0.25, 0.3) is 17.7 Å². The van der Waals surface area contributed by atoms with Crippen LogP contribution in [0.5, 0.6) is 0 Å². The first-order valence-corrected chi connectivity index (χ1v) is 12.4. The molecule has 0 saturated carbocycles. The summed E-state index contributed by atoms with van der Waals surface area (Å²) in [5, 5.41) is 5.86. The van der Waals surface area contributed by atoms with Crippen molar-refractivity contribution in [3.05, 3.63) is 92.4 Å². The molecule has 0 atom stereocenters. The Morgan fingerprint density at radius 3 is 2.29 bits per heavy atom. The highest BCUT2D eigenvalue weighted by molar-refractivity contribution is 9.10. The van der Waals surface area contributed by atoms with Gasteiger partial charge in [-0.2, -0.15) is 10.1 Å². The Morgan fingerprint density at radius 1 is 0.971 bits per heavy atom. The van der Waals surface area contributed by atoms with Gasteiger partial charge < -0.3 is 0 Å². The fraction of sp³-hybridized carbons (Fsp3) is 0.0417. The van der Waals surface area contributed by atoms with Gasteiger partial charge in [0, 0.05) is 8.95 Å². The van der Waals surface area contributed by atoms with E-state index in [0.29, 0.717) is 10.6 Å². The monoisotopic (exact) mass is 596 g/mol. The first-order valence-electron chi connectivity index (χ1n) is 10.0. The number of hydrogen-bond donors (Lipinski definition) is 0. The van der Waals surface area contributed by atoms with E-state index < -0.39 is 24.3 Å². The summed E-state index contributed by atoms with van der Waals surface area (Å²) in [6, 6.07) is 19.5. The molecule has 4 aromatic rings. The van der Waals surface area contributed by atoms with Crippen LogP contribution in [0.25, 0.3) is 10.2 Å². The molecule has 0 bridgehead atoms. The van der Waals surface area contributed by atoms with Crippen LogP contribution in [0.15, 0.2) is 80.8 Å². The highest BCUT2D eigenvalue weighted by Crippen LogP contribution is 2.32. The lowest BCUT2D eigenvalue weighted by molar-refractivity contribution is -0.118. The molecule has 0 unspecified atom stereocenters. The van der Waals surface area contributed by atoms with E-state index in [4.69, 9.17) is 0 Å². The summed E-state index contributed by atoms with van der Waals surface area (Å²) in [5.41, 5.74) is 2.05. The standard InChI is InChI=1S/C24H14Br2N4O3S/c25-15-7-5-14(6-8-15)12-27-30(24-28-19-10-9-16(26)11-20(19)34-24)21(31)13-29-22(32)17-3-1-2-4-18(17)23(29)33/h1-12H,13H2/b27-12+. The zero-order valence-corrected chi connectivity index (χ0v) is 21.3. The normalized spacial score (nSPS) is 13.2. The Bertz CT molecular complexity index is 1450. The van der Waals surface area contributed by atoms with Crippen molar-refractivity contribution in [3.8, 4) is 0 Å². The molecule has 1 aliphatic heterocycles. The van der Waals surface area contributed by atoms with Crippen molar-refractivity contribution >= 4 is 82.5 Å². The molecule has 1 aliphatic rings. The van der Waals surface area contributed by atoms with Gasteiger partial charge in [0.1, 0.15) is 6.54 Å². The number of thiazole rings is 1. The summed E-state index contributed by atoms with van der Waals surface area (Å²) in [7, 11) is 0. The molecule has 2 heterocycles. The molecule has 10 heteroatoms. The fourth-order valence-electron chi connectivity index (χ4n) is 3.46. The summed E-state index contributed by atoms with van der Waals surface area (Å²) < 4.78 is 2.67. The average molecular weight is 598 g/mol. The largest absolute Gasteiger partial charge is 0.270 e. The third kappa shape index (κ3) is 4.31. The SMILES string of the molecule is O=C1c2ccccc2C(=O)N1CC(=O)N(/N=C/c1ccc(Br)cc1)c1nc2ccc(Br)cc2s1. The second kappa shape index (κ2) is 9.21. The van der Waals surface area contributed by atoms with Crippen molar-refractivity contribution in [1.29, 1.82) is 0 Å². The van der Waals surface area contributed by atoms with Crippen LogP contribution in [0, 0.1) is 0 Å². The average Bonchev–Trinajstić information content (AvgIpc) is 3.35. The van der Waals surface area contributed by atoms with E-state index in [9.17, 15) is 14.4 Å². The molecule has 7 nitrogen and oxygen atoms in total. The topological polar surface area (TPSA) is 82.9 Å². The van der Waals surface area contributed by atoms with Gasteiger partial charge in [0.05, 0.1) is 27.6 Å². The molecular weight excluding hydrogens is 584 g/mol. The lowest BCUT2D eigenvalue weighted by atomic mass is 10.1. The van der Waals surface area contributed by atoms with E-state index in [1.165, 1.54) is 17.6 Å². The Kier molecular flexibility index (Phi) is 6.11. The number of imide groups is 1. The molecule has 34 heavy (non-hydrogen) atoms. The minimum atomic E-state index is -0.555. The number of hydrazone groups is 1. The van der Waals surface area contributed by atoms with E-state index in [-0.39, 0.29) is 11.1 Å². The predicted octanol–water partition coefficient (Wildman–Crippen LogP) is 5.48. The zero-order chi connectivity index (χ0) is 23.8. The number of carbonyl (C=O) groups excluding carboxylic acids is 3. The van der Waals surface area contributed by atoms with E-state index >= 15 is 0 Å². The Labute approximate surface area is 215 Å². The summed E-state index contributed by atoms with van der Waals surface area (Å²) in [6.45, 7) is -0.455. The summed E-state index contributed by atoms with van der Waals surface area (Å²) in [6.07, 6.45) is 1.54. The van der Waals surface area contributed by atoms with Crippen LogP contribution in [0.4, 0.5) is 5.13 Å². The molecule has 0 fully saturated rings. The quantitative estimate of drug-likeness (QED) is 0.173. The van der Waals surface area contributed by atoms with Crippen molar-refractivity contribution in [1.82, 2.24) is 9.88 Å². The van der Waals surface area contributed by atoms with E-state index in [2.05, 4.69) is 41.9 Å². The first-order chi connectivity index (χ1) is 16.4. The van der Waals surface area contributed by atoms with Gasteiger partial charge in [-0.25, -0.2) is 4.98 Å². The maximum absolute atomic E-state index is 13.4. The molecule has 0 N–H and O–H groups in total. The predicted molar refractivity (Wildman–Crippen MR) is 138 cm³/mol. The van der Waals surface area contributed by atoms with Gasteiger partial charge in [-0.05, 0) is 48.0 Å². The molecule has 3 aromatic carbocycles. The molecular formula is C24H14Br2N4O3S. The zero-order valence-electron chi connectivity index (χ0n) is 17.3. The third-order valence-electron chi connectivity index (χ3n) is 5.12. The van der Waals surface area contributed by atoms with Crippen LogP contribution in [0.1, 0.15) is 26.3 Å². The fourth-order valence-corrected chi connectivity index (χ4v) is 5.21. The number of halogens is 2. The van der Waals surface area contributed by atoms with Crippen molar-refractivity contribution in [2.45, 2.75) is 0 Å². The Balaban J connectivity index is 1.48. The maximum Gasteiger partial charge on any atom is 0.269 e. The van der Waals surface area contributed by atoms with Crippen LogP contribution >= 0.6 is 43.2 Å². The molecule has 168 valence electrons. The number of anilines is 1. The summed E-state index contributed by atoms with van der Waals surface area (Å²) in [5.74, 6) is -1.56. The van der Waals surface area contributed by atoms with Crippen molar-refractivity contribution in [2.75, 3.05) is 11.6 Å². The molecule has 3 amide bonds. The van der Waals surface area contributed by atoms with Gasteiger partial charge >= 0.3 is 0 Å². The molecule has 5 rings (SSSR count). The van der Waals surface area contributed by atoms with Crippen LogP contribution in [-0.2, 0) is 4.79 Å². The number of benzene rings is 3. The van der Waals surface area contributed by atoms with Crippen LogP contribution in [0.3, 0.4) is 0 Å². The number of aromatic nitrogens is 1. The second-order valence-electron chi connectivity index (χ2n) is 7.35. The Hall–Kier alpha value is -3.21.